The number of likely N-dealkylation sites (N-methyl/N-ethyl adjacent to an activating group) is 2. The molecule has 0 aromatic carbocycles. The highest BCUT2D eigenvalue weighted by atomic mass is 16.2. The fourth-order valence-corrected chi connectivity index (χ4v) is 1.15. The maximum absolute atomic E-state index is 11.9. The van der Waals surface area contributed by atoms with Gasteiger partial charge in [0.25, 0.3) is 0 Å². The first-order valence-electron chi connectivity index (χ1n) is 5.47. The number of carbonyl (C=O) groups excluding carboxylic acids is 2. The van der Waals surface area contributed by atoms with Crippen molar-refractivity contribution >= 4 is 11.8 Å². The second-order valence-electron chi connectivity index (χ2n) is 4.99. The van der Waals surface area contributed by atoms with Crippen LogP contribution in [0.4, 0.5) is 0 Å². The second kappa shape index (κ2) is 5.84. The van der Waals surface area contributed by atoms with E-state index in [1.807, 2.05) is 27.7 Å². The van der Waals surface area contributed by atoms with Crippen LogP contribution in [-0.2, 0) is 9.59 Å². The Morgan fingerprint density at radius 3 is 2.25 bits per heavy atom. The molecule has 0 aliphatic rings. The molecule has 1 atom stereocenters. The van der Waals surface area contributed by atoms with Crippen LogP contribution in [-0.4, -0.2) is 42.9 Å². The van der Waals surface area contributed by atoms with Crippen LogP contribution in [0.1, 0.15) is 27.7 Å². The molecule has 0 aliphatic heterocycles. The first kappa shape index (κ1) is 14.9. The van der Waals surface area contributed by atoms with Gasteiger partial charge in [-0.1, -0.05) is 20.8 Å². The minimum absolute atomic E-state index is 0.0520. The van der Waals surface area contributed by atoms with Crippen molar-refractivity contribution in [3.63, 3.8) is 0 Å². The molecule has 0 rings (SSSR count). The van der Waals surface area contributed by atoms with Crippen LogP contribution in [0, 0.1) is 5.41 Å². The summed E-state index contributed by atoms with van der Waals surface area (Å²) in [5, 5.41) is 2.64. The molecule has 2 amide bonds. The van der Waals surface area contributed by atoms with E-state index in [9.17, 15) is 9.59 Å². The van der Waals surface area contributed by atoms with Crippen molar-refractivity contribution < 1.29 is 9.59 Å². The van der Waals surface area contributed by atoms with Gasteiger partial charge in [0.15, 0.2) is 0 Å². The smallest absolute Gasteiger partial charge is 0.240 e. The molecule has 0 bridgehead atoms. The predicted octanol–water partition coefficient (Wildman–Crippen LogP) is -0.0457. The van der Waals surface area contributed by atoms with Crippen molar-refractivity contribution in [1.29, 1.82) is 0 Å². The molecule has 0 spiro atoms. The predicted molar refractivity (Wildman–Crippen MR) is 63.8 cm³/mol. The van der Waals surface area contributed by atoms with E-state index in [0.717, 1.165) is 0 Å². The topological polar surface area (TPSA) is 75.4 Å². The average molecular weight is 229 g/mol. The Hall–Kier alpha value is -1.10. The van der Waals surface area contributed by atoms with Gasteiger partial charge in [-0.3, -0.25) is 9.59 Å². The molecule has 0 unspecified atom stereocenters. The largest absolute Gasteiger partial charge is 0.355 e. The van der Waals surface area contributed by atoms with Gasteiger partial charge in [-0.05, 0) is 12.3 Å². The Balaban J connectivity index is 4.34. The Kier molecular flexibility index (Phi) is 5.44. The summed E-state index contributed by atoms with van der Waals surface area (Å²) in [7, 11) is 1.59. The van der Waals surface area contributed by atoms with Gasteiger partial charge in [0.2, 0.25) is 11.8 Å². The van der Waals surface area contributed by atoms with Gasteiger partial charge >= 0.3 is 0 Å². The van der Waals surface area contributed by atoms with Crippen LogP contribution < -0.4 is 11.1 Å². The van der Waals surface area contributed by atoms with E-state index >= 15 is 0 Å². The standard InChI is InChI=1S/C11H23N3O2/c1-6-13-8(15)7-14(5)10(16)9(12)11(2,3)4/h9H,6-7,12H2,1-5H3,(H,13,15)/t9-/m1/s1. The lowest BCUT2D eigenvalue weighted by Gasteiger charge is -2.29. The Bertz CT molecular complexity index is 258. The molecule has 0 aromatic rings. The summed E-state index contributed by atoms with van der Waals surface area (Å²) in [6.45, 7) is 8.14. The van der Waals surface area contributed by atoms with Crippen molar-refractivity contribution in [3.8, 4) is 0 Å². The van der Waals surface area contributed by atoms with Crippen molar-refractivity contribution in [2.45, 2.75) is 33.7 Å². The summed E-state index contributed by atoms with van der Waals surface area (Å²) in [5.74, 6) is -0.377. The fourth-order valence-electron chi connectivity index (χ4n) is 1.15. The zero-order valence-electron chi connectivity index (χ0n) is 10.8. The molecule has 5 heteroatoms. The third-order valence-corrected chi connectivity index (χ3v) is 2.33. The Morgan fingerprint density at radius 2 is 1.88 bits per heavy atom. The number of nitrogens with two attached hydrogens (primary N) is 1. The van der Waals surface area contributed by atoms with Crippen LogP contribution in [0.5, 0.6) is 0 Å². The van der Waals surface area contributed by atoms with Gasteiger partial charge in [0, 0.05) is 13.6 Å². The first-order chi connectivity index (χ1) is 7.20. The third-order valence-electron chi connectivity index (χ3n) is 2.33. The SMILES string of the molecule is CCNC(=O)CN(C)C(=O)[C@@H](N)C(C)(C)C. The molecule has 5 nitrogen and oxygen atoms in total. The minimum atomic E-state index is -0.591. The summed E-state index contributed by atoms with van der Waals surface area (Å²) in [4.78, 5) is 24.5. The van der Waals surface area contributed by atoms with E-state index in [1.165, 1.54) is 4.90 Å². The van der Waals surface area contributed by atoms with E-state index in [1.54, 1.807) is 7.05 Å². The van der Waals surface area contributed by atoms with E-state index in [2.05, 4.69) is 5.32 Å². The normalized spacial score (nSPS) is 13.1. The van der Waals surface area contributed by atoms with Crippen LogP contribution >= 0.6 is 0 Å². The number of rotatable bonds is 4. The third kappa shape index (κ3) is 4.61. The molecule has 0 fully saturated rings. The quantitative estimate of drug-likeness (QED) is 0.710. The summed E-state index contributed by atoms with van der Waals surface area (Å²) >= 11 is 0. The molecule has 16 heavy (non-hydrogen) atoms. The number of carbonyl (C=O) groups is 2. The highest BCUT2D eigenvalue weighted by molar-refractivity contribution is 5.87. The van der Waals surface area contributed by atoms with Gasteiger partial charge in [-0.25, -0.2) is 0 Å². The maximum atomic E-state index is 11.9. The highest BCUT2D eigenvalue weighted by Crippen LogP contribution is 2.18. The maximum Gasteiger partial charge on any atom is 0.240 e. The molecule has 0 saturated carbocycles. The van der Waals surface area contributed by atoms with Gasteiger partial charge in [0.05, 0.1) is 12.6 Å². The number of nitrogens with zero attached hydrogens (tertiary/aromatic N) is 1. The fraction of sp³-hybridized carbons (Fsp3) is 0.818. The van der Waals surface area contributed by atoms with Crippen LogP contribution in [0.25, 0.3) is 0 Å². The first-order valence-corrected chi connectivity index (χ1v) is 5.47. The highest BCUT2D eigenvalue weighted by Gasteiger charge is 2.30. The van der Waals surface area contributed by atoms with Gasteiger partial charge < -0.3 is 16.0 Å². The molecular formula is C11H23N3O2. The second-order valence-corrected chi connectivity index (χ2v) is 4.99. The zero-order chi connectivity index (χ0) is 12.9. The van der Waals surface area contributed by atoms with Crippen LogP contribution in [0.15, 0.2) is 0 Å². The average Bonchev–Trinajstić information content (AvgIpc) is 2.14. The molecule has 94 valence electrons. The zero-order valence-corrected chi connectivity index (χ0v) is 10.8. The van der Waals surface area contributed by atoms with Crippen molar-refractivity contribution in [1.82, 2.24) is 10.2 Å². The van der Waals surface area contributed by atoms with Gasteiger partial charge in [-0.15, -0.1) is 0 Å². The van der Waals surface area contributed by atoms with Crippen LogP contribution in [0.3, 0.4) is 0 Å². The Labute approximate surface area is 97.4 Å². The summed E-state index contributed by atoms with van der Waals surface area (Å²) in [5.41, 5.74) is 5.52. The number of hydrogen-bond acceptors (Lipinski definition) is 3. The summed E-state index contributed by atoms with van der Waals surface area (Å²) in [6, 6.07) is -0.591. The molecule has 0 radical (unpaired) electrons. The van der Waals surface area contributed by atoms with Crippen molar-refractivity contribution in [3.05, 3.63) is 0 Å². The lowest BCUT2D eigenvalue weighted by atomic mass is 9.86. The summed E-state index contributed by atoms with van der Waals surface area (Å²) in [6.07, 6.45) is 0. The number of amides is 2. The Morgan fingerprint density at radius 1 is 1.38 bits per heavy atom. The van der Waals surface area contributed by atoms with E-state index in [4.69, 9.17) is 5.73 Å². The van der Waals surface area contributed by atoms with E-state index < -0.39 is 6.04 Å². The van der Waals surface area contributed by atoms with Gasteiger partial charge in [-0.2, -0.15) is 0 Å². The molecule has 0 saturated heterocycles. The molecule has 0 aromatic heterocycles. The van der Waals surface area contributed by atoms with Crippen LogP contribution in [0.2, 0.25) is 0 Å². The van der Waals surface area contributed by atoms with Crippen molar-refractivity contribution in [2.24, 2.45) is 11.1 Å². The molecule has 3 N–H and O–H groups in total. The number of nitrogens with one attached hydrogen (secondary N) is 1. The molecular weight excluding hydrogens is 206 g/mol. The molecule has 0 heterocycles. The lowest BCUT2D eigenvalue weighted by molar-refractivity contribution is -0.137. The van der Waals surface area contributed by atoms with Gasteiger partial charge in [0.1, 0.15) is 0 Å². The number of hydrogen-bond donors (Lipinski definition) is 2. The monoisotopic (exact) mass is 229 g/mol. The minimum Gasteiger partial charge on any atom is -0.355 e. The molecule has 0 aliphatic carbocycles. The summed E-state index contributed by atoms with van der Waals surface area (Å²) < 4.78 is 0. The van der Waals surface area contributed by atoms with Crippen molar-refractivity contribution in [2.75, 3.05) is 20.1 Å². The van der Waals surface area contributed by atoms with E-state index in [0.29, 0.717) is 6.54 Å². The lowest BCUT2D eigenvalue weighted by Crippen LogP contribution is -2.51. The van der Waals surface area contributed by atoms with E-state index in [-0.39, 0.29) is 23.8 Å².